The number of benzene rings is 2. The van der Waals surface area contributed by atoms with Gasteiger partial charge in [0, 0.05) is 5.71 Å². The summed E-state index contributed by atoms with van der Waals surface area (Å²) in [6.07, 6.45) is 4.90. The molecule has 2 heteroatoms. The highest BCUT2D eigenvalue weighted by atomic mass is 16.5. The Balaban J connectivity index is 1.68. The lowest BCUT2D eigenvalue weighted by molar-refractivity contribution is 0.482. The van der Waals surface area contributed by atoms with Crippen molar-refractivity contribution in [2.75, 3.05) is 0 Å². The fourth-order valence-electron chi connectivity index (χ4n) is 2.76. The first-order chi connectivity index (χ1) is 10.3. The quantitative estimate of drug-likeness (QED) is 0.699. The van der Waals surface area contributed by atoms with E-state index < -0.39 is 0 Å². The molecule has 3 rings (SSSR count). The molecule has 0 saturated heterocycles. The zero-order chi connectivity index (χ0) is 14.5. The third-order valence-corrected chi connectivity index (χ3v) is 3.85. The average molecular weight is 279 g/mol. The van der Waals surface area contributed by atoms with Crippen LogP contribution in [0.15, 0.2) is 59.6 Å². The lowest BCUT2D eigenvalue weighted by Crippen LogP contribution is -2.12. The van der Waals surface area contributed by atoms with Gasteiger partial charge in [0.25, 0.3) is 0 Å². The summed E-state index contributed by atoms with van der Waals surface area (Å²) in [5.41, 5.74) is 2.37. The summed E-state index contributed by atoms with van der Waals surface area (Å²) in [5.74, 6) is 2.48. The van der Waals surface area contributed by atoms with E-state index in [0.717, 1.165) is 35.9 Å². The summed E-state index contributed by atoms with van der Waals surface area (Å²) in [7, 11) is 0. The van der Waals surface area contributed by atoms with Gasteiger partial charge >= 0.3 is 0 Å². The fraction of sp³-hybridized carbons (Fsp3) is 0.316. The molecule has 21 heavy (non-hydrogen) atoms. The summed E-state index contributed by atoms with van der Waals surface area (Å²) in [4.78, 5) is 4.78. The first-order valence-corrected chi connectivity index (χ1v) is 7.69. The second-order valence-electron chi connectivity index (χ2n) is 5.79. The van der Waals surface area contributed by atoms with Crippen molar-refractivity contribution in [3.8, 4) is 11.5 Å². The van der Waals surface area contributed by atoms with Gasteiger partial charge in [-0.25, -0.2) is 0 Å². The number of ether oxygens (including phenoxy) is 1. The number of hydrogen-bond acceptors (Lipinski definition) is 2. The van der Waals surface area contributed by atoms with Crippen molar-refractivity contribution in [2.45, 2.75) is 32.6 Å². The molecule has 108 valence electrons. The van der Waals surface area contributed by atoms with Crippen LogP contribution in [0.4, 0.5) is 5.69 Å². The van der Waals surface area contributed by atoms with Crippen LogP contribution in [0.2, 0.25) is 0 Å². The maximum Gasteiger partial charge on any atom is 0.127 e. The molecule has 0 spiro atoms. The number of nitrogens with zero attached hydrogens (tertiary/aromatic N) is 1. The van der Waals surface area contributed by atoms with Crippen molar-refractivity contribution >= 4 is 11.4 Å². The van der Waals surface area contributed by atoms with Crippen molar-refractivity contribution in [1.82, 2.24) is 0 Å². The molecule has 1 atom stereocenters. The van der Waals surface area contributed by atoms with Crippen molar-refractivity contribution < 1.29 is 4.74 Å². The Bertz CT molecular complexity index is 601. The summed E-state index contributed by atoms with van der Waals surface area (Å²) in [6.45, 7) is 2.31. The molecule has 0 aliphatic heterocycles. The second kappa shape index (κ2) is 6.57. The van der Waals surface area contributed by atoms with Gasteiger partial charge in [-0.3, -0.25) is 4.99 Å². The van der Waals surface area contributed by atoms with Gasteiger partial charge in [0.05, 0.1) is 5.69 Å². The van der Waals surface area contributed by atoms with Crippen LogP contribution in [0.25, 0.3) is 0 Å². The van der Waals surface area contributed by atoms with Crippen molar-refractivity contribution in [1.29, 1.82) is 0 Å². The molecule has 1 saturated carbocycles. The maximum atomic E-state index is 5.79. The Labute approximate surface area is 126 Å². The molecule has 1 unspecified atom stereocenters. The van der Waals surface area contributed by atoms with Crippen LogP contribution in [-0.4, -0.2) is 5.71 Å². The van der Waals surface area contributed by atoms with Crippen LogP contribution in [-0.2, 0) is 0 Å². The van der Waals surface area contributed by atoms with Gasteiger partial charge in [0.2, 0.25) is 0 Å². The third kappa shape index (κ3) is 3.94. The van der Waals surface area contributed by atoms with Gasteiger partial charge in [0.1, 0.15) is 11.5 Å². The predicted octanol–water partition coefficient (Wildman–Crippen LogP) is 5.76. The molecule has 0 amide bonds. The summed E-state index contributed by atoms with van der Waals surface area (Å²) in [6, 6.07) is 17.9. The number of aliphatic imine (C=N–C) groups is 1. The zero-order valence-corrected chi connectivity index (χ0v) is 12.5. The van der Waals surface area contributed by atoms with E-state index in [1.165, 1.54) is 18.6 Å². The van der Waals surface area contributed by atoms with Crippen LogP contribution >= 0.6 is 0 Å². The largest absolute Gasteiger partial charge is 0.457 e. The molecule has 2 nitrogen and oxygen atoms in total. The standard InChI is InChI=1S/C19H21NO/c1-15-6-5-7-17(14-15)20-16-10-12-19(13-11-16)21-18-8-3-2-4-9-18/h2-4,8-13,15H,5-7,14H2,1H3. The Morgan fingerprint density at radius 2 is 1.67 bits per heavy atom. The molecule has 0 bridgehead atoms. The van der Waals surface area contributed by atoms with Crippen LogP contribution in [0, 0.1) is 5.92 Å². The topological polar surface area (TPSA) is 21.6 Å². The van der Waals surface area contributed by atoms with E-state index in [1.54, 1.807) is 0 Å². The van der Waals surface area contributed by atoms with Crippen LogP contribution in [0.5, 0.6) is 11.5 Å². The Morgan fingerprint density at radius 1 is 0.952 bits per heavy atom. The first kappa shape index (κ1) is 13.9. The van der Waals surface area contributed by atoms with E-state index in [1.807, 2.05) is 54.6 Å². The monoisotopic (exact) mass is 279 g/mol. The second-order valence-corrected chi connectivity index (χ2v) is 5.79. The zero-order valence-electron chi connectivity index (χ0n) is 12.5. The highest BCUT2D eigenvalue weighted by Crippen LogP contribution is 2.27. The number of rotatable bonds is 3. The molecule has 2 aromatic rings. The van der Waals surface area contributed by atoms with Gasteiger partial charge in [-0.1, -0.05) is 25.1 Å². The van der Waals surface area contributed by atoms with Gasteiger partial charge < -0.3 is 4.74 Å². The van der Waals surface area contributed by atoms with Crippen molar-refractivity contribution in [3.05, 3.63) is 54.6 Å². The van der Waals surface area contributed by atoms with E-state index in [-0.39, 0.29) is 0 Å². The van der Waals surface area contributed by atoms with E-state index in [2.05, 4.69) is 6.92 Å². The molecule has 2 aromatic carbocycles. The maximum absolute atomic E-state index is 5.79. The molecular weight excluding hydrogens is 258 g/mol. The number of hydrogen-bond donors (Lipinski definition) is 0. The highest BCUT2D eigenvalue weighted by Gasteiger charge is 2.13. The number of para-hydroxylation sites is 1. The predicted molar refractivity (Wildman–Crippen MR) is 87.7 cm³/mol. The Morgan fingerprint density at radius 3 is 2.38 bits per heavy atom. The Hall–Kier alpha value is -2.09. The van der Waals surface area contributed by atoms with E-state index in [4.69, 9.17) is 9.73 Å². The van der Waals surface area contributed by atoms with Crippen LogP contribution < -0.4 is 4.74 Å². The lowest BCUT2D eigenvalue weighted by atomic mass is 9.89. The van der Waals surface area contributed by atoms with Crippen LogP contribution in [0.3, 0.4) is 0 Å². The Kier molecular flexibility index (Phi) is 4.34. The SMILES string of the molecule is CC1CCCC(=Nc2ccc(Oc3ccccc3)cc2)C1. The van der Waals surface area contributed by atoms with E-state index in [0.29, 0.717) is 0 Å². The minimum absolute atomic E-state index is 0.776. The van der Waals surface area contributed by atoms with Crippen LogP contribution in [0.1, 0.15) is 32.6 Å². The van der Waals surface area contributed by atoms with E-state index >= 15 is 0 Å². The molecule has 1 fully saturated rings. The van der Waals surface area contributed by atoms with Crippen molar-refractivity contribution in [2.24, 2.45) is 10.9 Å². The molecule has 1 aliphatic carbocycles. The lowest BCUT2D eigenvalue weighted by Gasteiger charge is -2.19. The minimum atomic E-state index is 0.776. The first-order valence-electron chi connectivity index (χ1n) is 7.69. The molecule has 0 aromatic heterocycles. The van der Waals surface area contributed by atoms with Gasteiger partial charge in [-0.15, -0.1) is 0 Å². The normalized spacial score (nSPS) is 20.4. The average Bonchev–Trinajstić information content (AvgIpc) is 2.50. The summed E-state index contributed by atoms with van der Waals surface area (Å²) < 4.78 is 5.79. The summed E-state index contributed by atoms with van der Waals surface area (Å²) >= 11 is 0. The van der Waals surface area contributed by atoms with Gasteiger partial charge in [0.15, 0.2) is 0 Å². The van der Waals surface area contributed by atoms with Crippen molar-refractivity contribution in [3.63, 3.8) is 0 Å². The molecule has 0 heterocycles. The fourth-order valence-corrected chi connectivity index (χ4v) is 2.76. The van der Waals surface area contributed by atoms with Gasteiger partial charge in [-0.2, -0.15) is 0 Å². The third-order valence-electron chi connectivity index (χ3n) is 3.85. The minimum Gasteiger partial charge on any atom is -0.457 e. The summed E-state index contributed by atoms with van der Waals surface area (Å²) in [5, 5.41) is 0. The molecule has 0 N–H and O–H groups in total. The molecular formula is C19H21NO. The molecule has 0 radical (unpaired) electrons. The molecule has 1 aliphatic rings. The van der Waals surface area contributed by atoms with Gasteiger partial charge in [-0.05, 0) is 68.0 Å². The highest BCUT2D eigenvalue weighted by molar-refractivity contribution is 5.87. The van der Waals surface area contributed by atoms with E-state index in [9.17, 15) is 0 Å². The smallest absolute Gasteiger partial charge is 0.127 e.